The number of hydrogen-bond donors (Lipinski definition) is 1. The van der Waals surface area contributed by atoms with Gasteiger partial charge in [0.1, 0.15) is 10.8 Å². The molecule has 1 aromatic carbocycles. The van der Waals surface area contributed by atoms with E-state index in [2.05, 4.69) is 15.5 Å². The molecule has 1 N–H and O–H groups in total. The van der Waals surface area contributed by atoms with Crippen molar-refractivity contribution < 1.29 is 9.32 Å². The van der Waals surface area contributed by atoms with Crippen LogP contribution in [0.5, 0.6) is 0 Å². The minimum atomic E-state index is -0.358. The van der Waals surface area contributed by atoms with Gasteiger partial charge in [-0.15, -0.1) is 11.3 Å². The minimum Gasteiger partial charge on any atom is -0.351 e. The van der Waals surface area contributed by atoms with Crippen LogP contribution in [0.15, 0.2) is 46.4 Å². The molecule has 0 atom stereocenters. The second-order valence-electron chi connectivity index (χ2n) is 4.23. The van der Waals surface area contributed by atoms with Crippen LogP contribution in [-0.2, 0) is 0 Å². The zero-order valence-corrected chi connectivity index (χ0v) is 11.5. The minimum absolute atomic E-state index is 0.162. The van der Waals surface area contributed by atoms with Crippen molar-refractivity contribution in [3.05, 3.63) is 53.2 Å². The molecule has 0 unspecified atom stereocenters. The molecule has 100 valence electrons. The largest absolute Gasteiger partial charge is 0.351 e. The molecule has 0 radical (unpaired) electrons. The van der Waals surface area contributed by atoms with Crippen LogP contribution in [0.3, 0.4) is 0 Å². The summed E-state index contributed by atoms with van der Waals surface area (Å²) in [5.41, 5.74) is 2.23. The summed E-state index contributed by atoms with van der Waals surface area (Å²) >= 11 is 1.48. The highest BCUT2D eigenvalue weighted by Gasteiger charge is 2.12. The van der Waals surface area contributed by atoms with E-state index in [1.54, 1.807) is 5.38 Å². The standard InChI is InChI=1S/C14H11N3O2S/c1-9-2-4-10(5-3-9)14-17-12(8-20-14)16-13(18)11-6-7-15-19-11/h2-8H,1H3,(H,16,18). The Morgan fingerprint density at radius 3 is 2.75 bits per heavy atom. The Bertz CT molecular complexity index is 717. The molecule has 0 saturated carbocycles. The van der Waals surface area contributed by atoms with Crippen molar-refractivity contribution in [2.24, 2.45) is 0 Å². The Hall–Kier alpha value is -2.47. The average Bonchev–Trinajstić information content (AvgIpc) is 3.10. The maximum Gasteiger partial charge on any atom is 0.295 e. The molecule has 0 spiro atoms. The quantitative estimate of drug-likeness (QED) is 0.801. The number of amides is 1. The van der Waals surface area contributed by atoms with Crippen LogP contribution >= 0.6 is 11.3 Å². The number of benzene rings is 1. The summed E-state index contributed by atoms with van der Waals surface area (Å²) in [4.78, 5) is 16.2. The van der Waals surface area contributed by atoms with Gasteiger partial charge >= 0.3 is 0 Å². The number of nitrogens with one attached hydrogen (secondary N) is 1. The van der Waals surface area contributed by atoms with Crippen molar-refractivity contribution in [2.45, 2.75) is 6.92 Å². The first kappa shape index (κ1) is 12.6. The van der Waals surface area contributed by atoms with Crippen LogP contribution in [0.2, 0.25) is 0 Å². The third-order valence-electron chi connectivity index (χ3n) is 2.71. The van der Waals surface area contributed by atoms with Crippen LogP contribution in [0.25, 0.3) is 10.6 Å². The summed E-state index contributed by atoms with van der Waals surface area (Å²) in [6.45, 7) is 2.04. The van der Waals surface area contributed by atoms with Gasteiger partial charge in [0.25, 0.3) is 5.91 Å². The van der Waals surface area contributed by atoms with E-state index in [-0.39, 0.29) is 11.7 Å². The molecule has 5 nitrogen and oxygen atoms in total. The van der Waals surface area contributed by atoms with Gasteiger partial charge in [0.05, 0.1) is 6.20 Å². The zero-order valence-electron chi connectivity index (χ0n) is 10.7. The lowest BCUT2D eigenvalue weighted by Gasteiger charge is -1.98. The summed E-state index contributed by atoms with van der Waals surface area (Å²) in [6.07, 6.45) is 1.42. The maximum absolute atomic E-state index is 11.8. The predicted octanol–water partition coefficient (Wildman–Crippen LogP) is 3.36. The molecular weight excluding hydrogens is 274 g/mol. The first-order valence-electron chi connectivity index (χ1n) is 5.97. The van der Waals surface area contributed by atoms with E-state index in [1.807, 2.05) is 31.2 Å². The molecule has 2 aromatic heterocycles. The van der Waals surface area contributed by atoms with Crippen molar-refractivity contribution in [3.63, 3.8) is 0 Å². The fourth-order valence-electron chi connectivity index (χ4n) is 1.67. The zero-order chi connectivity index (χ0) is 13.9. The van der Waals surface area contributed by atoms with Crippen LogP contribution in [0.4, 0.5) is 5.82 Å². The van der Waals surface area contributed by atoms with Gasteiger partial charge in [-0.3, -0.25) is 4.79 Å². The summed E-state index contributed by atoms with van der Waals surface area (Å²) < 4.78 is 4.79. The van der Waals surface area contributed by atoms with Crippen LogP contribution in [0, 0.1) is 6.92 Å². The maximum atomic E-state index is 11.8. The lowest BCUT2D eigenvalue weighted by atomic mass is 10.2. The number of hydrogen-bond acceptors (Lipinski definition) is 5. The fourth-order valence-corrected chi connectivity index (χ4v) is 2.43. The van der Waals surface area contributed by atoms with Crippen molar-refractivity contribution in [1.82, 2.24) is 10.1 Å². The molecule has 0 aliphatic rings. The molecule has 6 heteroatoms. The smallest absolute Gasteiger partial charge is 0.295 e. The second-order valence-corrected chi connectivity index (χ2v) is 5.09. The Labute approximate surface area is 119 Å². The van der Waals surface area contributed by atoms with Crippen molar-refractivity contribution in [1.29, 1.82) is 0 Å². The fraction of sp³-hybridized carbons (Fsp3) is 0.0714. The van der Waals surface area contributed by atoms with Gasteiger partial charge < -0.3 is 9.84 Å². The number of nitrogens with zero attached hydrogens (tertiary/aromatic N) is 2. The number of rotatable bonds is 3. The normalized spacial score (nSPS) is 10.4. The summed E-state index contributed by atoms with van der Waals surface area (Å²) in [7, 11) is 0. The lowest BCUT2D eigenvalue weighted by Crippen LogP contribution is -2.10. The Morgan fingerprint density at radius 1 is 1.25 bits per heavy atom. The first-order chi connectivity index (χ1) is 9.72. The molecule has 0 bridgehead atoms. The van der Waals surface area contributed by atoms with E-state index in [1.165, 1.54) is 29.2 Å². The Kier molecular flexibility index (Phi) is 3.30. The van der Waals surface area contributed by atoms with E-state index in [0.717, 1.165) is 10.6 Å². The third kappa shape index (κ3) is 2.60. The van der Waals surface area contributed by atoms with Gasteiger partial charge in [-0.2, -0.15) is 0 Å². The molecule has 0 saturated heterocycles. The van der Waals surface area contributed by atoms with Gasteiger partial charge in [0.15, 0.2) is 0 Å². The van der Waals surface area contributed by atoms with Gasteiger partial charge in [0.2, 0.25) is 5.76 Å². The number of aromatic nitrogens is 2. The number of aryl methyl sites for hydroxylation is 1. The highest BCUT2D eigenvalue weighted by molar-refractivity contribution is 7.13. The number of carbonyl (C=O) groups excluding carboxylic acids is 1. The molecule has 2 heterocycles. The summed E-state index contributed by atoms with van der Waals surface area (Å²) in [6, 6.07) is 9.59. The van der Waals surface area contributed by atoms with Crippen LogP contribution < -0.4 is 5.32 Å². The van der Waals surface area contributed by atoms with Crippen molar-refractivity contribution in [2.75, 3.05) is 5.32 Å². The Balaban J connectivity index is 1.77. The van der Waals surface area contributed by atoms with E-state index in [0.29, 0.717) is 5.82 Å². The van der Waals surface area contributed by atoms with Gasteiger partial charge in [-0.1, -0.05) is 35.0 Å². The average molecular weight is 285 g/mol. The predicted molar refractivity (Wildman–Crippen MR) is 76.7 cm³/mol. The number of thiazole rings is 1. The highest BCUT2D eigenvalue weighted by Crippen LogP contribution is 2.26. The molecule has 20 heavy (non-hydrogen) atoms. The molecule has 3 aromatic rings. The van der Waals surface area contributed by atoms with E-state index >= 15 is 0 Å². The van der Waals surface area contributed by atoms with Crippen LogP contribution in [0.1, 0.15) is 16.1 Å². The molecule has 1 amide bonds. The second kappa shape index (κ2) is 5.26. The first-order valence-corrected chi connectivity index (χ1v) is 6.85. The monoisotopic (exact) mass is 285 g/mol. The van der Waals surface area contributed by atoms with E-state index < -0.39 is 0 Å². The summed E-state index contributed by atoms with van der Waals surface area (Å²) in [5.74, 6) is 0.310. The number of carbonyl (C=O) groups is 1. The summed E-state index contributed by atoms with van der Waals surface area (Å²) in [5, 5.41) is 8.82. The molecule has 0 aliphatic heterocycles. The SMILES string of the molecule is Cc1ccc(-c2nc(NC(=O)c3ccno3)cs2)cc1. The van der Waals surface area contributed by atoms with Crippen molar-refractivity contribution in [3.8, 4) is 10.6 Å². The molecule has 3 rings (SSSR count). The highest BCUT2D eigenvalue weighted by atomic mass is 32.1. The third-order valence-corrected chi connectivity index (χ3v) is 3.60. The number of anilines is 1. The molecule has 0 fully saturated rings. The van der Waals surface area contributed by atoms with Crippen molar-refractivity contribution >= 4 is 23.1 Å². The van der Waals surface area contributed by atoms with Crippen LogP contribution in [-0.4, -0.2) is 16.0 Å². The molecule has 0 aliphatic carbocycles. The van der Waals surface area contributed by atoms with Gasteiger partial charge in [-0.05, 0) is 6.92 Å². The van der Waals surface area contributed by atoms with Gasteiger partial charge in [-0.25, -0.2) is 4.98 Å². The van der Waals surface area contributed by atoms with E-state index in [4.69, 9.17) is 4.52 Å². The Morgan fingerprint density at radius 2 is 2.05 bits per heavy atom. The van der Waals surface area contributed by atoms with Gasteiger partial charge in [0, 0.05) is 17.0 Å². The molecular formula is C14H11N3O2S. The van der Waals surface area contributed by atoms with E-state index in [9.17, 15) is 4.79 Å². The topological polar surface area (TPSA) is 68.0 Å². The lowest BCUT2D eigenvalue weighted by molar-refractivity contribution is 0.0987.